The topological polar surface area (TPSA) is 29.5 Å². The maximum absolute atomic E-state index is 14.0. The number of aryl methyl sites for hydroxylation is 1. The number of hydrogen-bond acceptors (Lipinski definition) is 4. The first-order chi connectivity index (χ1) is 11.5. The molecule has 1 aliphatic rings. The molecule has 2 aromatic rings. The Labute approximate surface area is 146 Å². The van der Waals surface area contributed by atoms with Crippen LogP contribution in [0.3, 0.4) is 0 Å². The molecule has 0 unspecified atom stereocenters. The third-order valence-corrected chi connectivity index (χ3v) is 5.31. The van der Waals surface area contributed by atoms with Crippen LogP contribution in [0.2, 0.25) is 0 Å². The van der Waals surface area contributed by atoms with Gasteiger partial charge in [0, 0.05) is 36.5 Å². The Bertz CT molecular complexity index is 741. The molecule has 5 heteroatoms. The van der Waals surface area contributed by atoms with E-state index >= 15 is 0 Å². The molecule has 0 fully saturated rings. The monoisotopic (exact) mass is 347 g/mol. The molecule has 128 valence electrons. The van der Waals surface area contributed by atoms with Gasteiger partial charge in [0.15, 0.2) is 5.06 Å². The average molecular weight is 347 g/mol. The molecule has 0 saturated heterocycles. The van der Waals surface area contributed by atoms with E-state index < -0.39 is 0 Å². The van der Waals surface area contributed by atoms with E-state index in [2.05, 4.69) is 4.90 Å². The lowest BCUT2D eigenvalue weighted by Crippen LogP contribution is -2.29. The van der Waals surface area contributed by atoms with Crippen LogP contribution in [0.15, 0.2) is 24.3 Å². The van der Waals surface area contributed by atoms with Gasteiger partial charge in [-0.15, -0.1) is 11.3 Å². The molecule has 1 aromatic carbocycles. The summed E-state index contributed by atoms with van der Waals surface area (Å²) in [6, 6.07) is 7.36. The maximum atomic E-state index is 14.0. The summed E-state index contributed by atoms with van der Waals surface area (Å²) in [5, 5.41) is 0.682. The number of carbonyl (C=O) groups excluding carboxylic acids is 1. The Hall–Kier alpha value is -1.72. The second kappa shape index (κ2) is 7.45. The lowest BCUT2D eigenvalue weighted by molar-refractivity contribution is -0.134. The summed E-state index contributed by atoms with van der Waals surface area (Å²) in [4.78, 5) is 15.1. The summed E-state index contributed by atoms with van der Waals surface area (Å²) < 4.78 is 19.4. The van der Waals surface area contributed by atoms with Gasteiger partial charge in [0.2, 0.25) is 0 Å². The minimum absolute atomic E-state index is 0.139. The molecular weight excluding hydrogens is 325 g/mol. The van der Waals surface area contributed by atoms with Crippen molar-refractivity contribution in [1.29, 1.82) is 0 Å². The predicted molar refractivity (Wildman–Crippen MR) is 93.8 cm³/mol. The SMILES string of the molecule is CCCC(=O)Oc1cc2c(s1)CCN(Cc1ccc(C)cc1F)C2. The zero-order valence-corrected chi connectivity index (χ0v) is 14.9. The number of rotatable bonds is 5. The molecule has 1 aromatic heterocycles. The van der Waals surface area contributed by atoms with Crippen molar-refractivity contribution in [3.63, 3.8) is 0 Å². The quantitative estimate of drug-likeness (QED) is 0.748. The van der Waals surface area contributed by atoms with Crippen molar-refractivity contribution >= 4 is 17.3 Å². The zero-order chi connectivity index (χ0) is 17.1. The second-order valence-corrected chi connectivity index (χ2v) is 7.39. The molecule has 0 spiro atoms. The van der Waals surface area contributed by atoms with Gasteiger partial charge in [-0.1, -0.05) is 19.1 Å². The van der Waals surface area contributed by atoms with Crippen LogP contribution in [0.4, 0.5) is 4.39 Å². The number of esters is 1. The highest BCUT2D eigenvalue weighted by Gasteiger charge is 2.21. The van der Waals surface area contributed by atoms with Crippen molar-refractivity contribution in [2.45, 2.75) is 46.2 Å². The van der Waals surface area contributed by atoms with Crippen LogP contribution in [0.5, 0.6) is 5.06 Å². The summed E-state index contributed by atoms with van der Waals surface area (Å²) in [7, 11) is 0. The summed E-state index contributed by atoms with van der Waals surface area (Å²) in [6.45, 7) is 6.12. The van der Waals surface area contributed by atoms with Crippen LogP contribution in [0.1, 0.15) is 41.3 Å². The number of fused-ring (bicyclic) bond motifs is 1. The standard InChI is InChI=1S/C19H22FNO2S/c1-3-4-18(22)23-19-10-15-12-21(8-7-17(15)24-19)11-14-6-5-13(2)9-16(14)20/h5-6,9-10H,3-4,7-8,11-12H2,1-2H3. The molecule has 0 amide bonds. The summed E-state index contributed by atoms with van der Waals surface area (Å²) >= 11 is 1.56. The number of ether oxygens (including phenoxy) is 1. The van der Waals surface area contributed by atoms with E-state index in [0.717, 1.165) is 37.1 Å². The highest BCUT2D eigenvalue weighted by Crippen LogP contribution is 2.34. The normalized spacial score (nSPS) is 14.5. The first kappa shape index (κ1) is 17.1. The molecule has 3 nitrogen and oxygen atoms in total. The van der Waals surface area contributed by atoms with Crippen molar-refractivity contribution in [1.82, 2.24) is 4.90 Å². The fraction of sp³-hybridized carbons (Fsp3) is 0.421. The Balaban J connectivity index is 1.66. The lowest BCUT2D eigenvalue weighted by Gasteiger charge is -2.26. The van der Waals surface area contributed by atoms with Crippen molar-refractivity contribution < 1.29 is 13.9 Å². The van der Waals surface area contributed by atoms with E-state index in [9.17, 15) is 9.18 Å². The minimum Gasteiger partial charge on any atom is -0.415 e. The number of hydrogen-bond donors (Lipinski definition) is 0. The maximum Gasteiger partial charge on any atom is 0.311 e. The van der Waals surface area contributed by atoms with Gasteiger partial charge in [-0.2, -0.15) is 0 Å². The van der Waals surface area contributed by atoms with Gasteiger partial charge in [-0.3, -0.25) is 9.69 Å². The Morgan fingerprint density at radius 3 is 2.96 bits per heavy atom. The molecule has 1 aliphatic heterocycles. The van der Waals surface area contributed by atoms with Crippen molar-refractivity contribution in [3.05, 3.63) is 51.7 Å². The van der Waals surface area contributed by atoms with E-state index in [4.69, 9.17) is 4.74 Å². The van der Waals surface area contributed by atoms with E-state index in [1.807, 2.05) is 32.0 Å². The lowest BCUT2D eigenvalue weighted by atomic mass is 10.1. The van der Waals surface area contributed by atoms with Gasteiger partial charge in [0.05, 0.1) is 0 Å². The van der Waals surface area contributed by atoms with Gasteiger partial charge < -0.3 is 4.74 Å². The molecule has 3 rings (SSSR count). The molecule has 0 radical (unpaired) electrons. The third kappa shape index (κ3) is 4.02. The Morgan fingerprint density at radius 1 is 1.38 bits per heavy atom. The van der Waals surface area contributed by atoms with Crippen LogP contribution < -0.4 is 4.74 Å². The van der Waals surface area contributed by atoms with Crippen LogP contribution in [0.25, 0.3) is 0 Å². The molecule has 0 aliphatic carbocycles. The molecule has 2 heterocycles. The van der Waals surface area contributed by atoms with Gasteiger partial charge in [-0.05, 0) is 43.0 Å². The van der Waals surface area contributed by atoms with Gasteiger partial charge in [0.1, 0.15) is 5.82 Å². The second-order valence-electron chi connectivity index (χ2n) is 6.29. The predicted octanol–water partition coefficient (Wildman–Crippen LogP) is 4.46. The largest absolute Gasteiger partial charge is 0.415 e. The molecule has 0 saturated carbocycles. The highest BCUT2D eigenvalue weighted by molar-refractivity contribution is 7.14. The van der Waals surface area contributed by atoms with E-state index in [1.165, 1.54) is 10.4 Å². The Morgan fingerprint density at radius 2 is 2.21 bits per heavy atom. The van der Waals surface area contributed by atoms with Crippen molar-refractivity contribution in [3.8, 4) is 5.06 Å². The number of thiophene rings is 1. The van der Waals surface area contributed by atoms with Crippen LogP contribution in [-0.4, -0.2) is 17.4 Å². The number of benzene rings is 1. The van der Waals surface area contributed by atoms with Gasteiger partial charge in [-0.25, -0.2) is 4.39 Å². The number of halogens is 1. The highest BCUT2D eigenvalue weighted by atomic mass is 32.1. The minimum atomic E-state index is -0.172. The van der Waals surface area contributed by atoms with E-state index in [1.54, 1.807) is 17.4 Å². The summed E-state index contributed by atoms with van der Waals surface area (Å²) in [5.41, 5.74) is 2.86. The molecule has 0 atom stereocenters. The van der Waals surface area contributed by atoms with Crippen molar-refractivity contribution in [2.24, 2.45) is 0 Å². The molecule has 0 bridgehead atoms. The third-order valence-electron chi connectivity index (χ3n) is 4.19. The Kier molecular flexibility index (Phi) is 5.31. The van der Waals surface area contributed by atoms with Gasteiger partial charge >= 0.3 is 5.97 Å². The fourth-order valence-electron chi connectivity index (χ4n) is 2.94. The zero-order valence-electron chi connectivity index (χ0n) is 14.1. The first-order valence-electron chi connectivity index (χ1n) is 8.34. The van der Waals surface area contributed by atoms with E-state index in [-0.39, 0.29) is 11.8 Å². The van der Waals surface area contributed by atoms with E-state index in [0.29, 0.717) is 18.0 Å². The number of carbonyl (C=O) groups is 1. The first-order valence-corrected chi connectivity index (χ1v) is 9.16. The smallest absolute Gasteiger partial charge is 0.311 e. The molecule has 24 heavy (non-hydrogen) atoms. The van der Waals surface area contributed by atoms with Crippen LogP contribution in [-0.2, 0) is 24.3 Å². The van der Waals surface area contributed by atoms with Gasteiger partial charge in [0.25, 0.3) is 0 Å². The fourth-order valence-corrected chi connectivity index (χ4v) is 3.96. The van der Waals surface area contributed by atoms with Crippen LogP contribution >= 0.6 is 11.3 Å². The average Bonchev–Trinajstić information content (AvgIpc) is 2.91. The van der Waals surface area contributed by atoms with Crippen molar-refractivity contribution in [2.75, 3.05) is 6.54 Å². The number of nitrogens with zero attached hydrogens (tertiary/aromatic N) is 1. The van der Waals surface area contributed by atoms with Crippen LogP contribution in [0, 0.1) is 12.7 Å². The molecular formula is C19H22FNO2S. The summed E-state index contributed by atoms with van der Waals surface area (Å²) in [6.07, 6.45) is 2.15. The molecule has 0 N–H and O–H groups in total. The summed E-state index contributed by atoms with van der Waals surface area (Å²) in [5.74, 6) is -0.310.